The largest absolute Gasteiger partial charge is 0.353 e. The normalized spacial score (nSPS) is 20.0. The van der Waals surface area contributed by atoms with Crippen LogP contribution in [0.5, 0.6) is 0 Å². The van der Waals surface area contributed by atoms with E-state index >= 15 is 0 Å². The van der Waals surface area contributed by atoms with Gasteiger partial charge in [0.15, 0.2) is 0 Å². The first kappa shape index (κ1) is 11.5. The predicted octanol–water partition coefficient (Wildman–Crippen LogP) is 1.63. The SMILES string of the molecule is CCC(=O)NC1CCN(C(C)C)CC1.[HH]. The Balaban J connectivity index is 0.00000196. The van der Waals surface area contributed by atoms with Gasteiger partial charge in [-0.2, -0.15) is 0 Å². The molecule has 3 heteroatoms. The van der Waals surface area contributed by atoms with Crippen molar-refractivity contribution in [3.63, 3.8) is 0 Å². The van der Waals surface area contributed by atoms with Crippen LogP contribution < -0.4 is 5.32 Å². The third-order valence-electron chi connectivity index (χ3n) is 2.95. The number of rotatable bonds is 3. The van der Waals surface area contributed by atoms with Gasteiger partial charge in [-0.1, -0.05) is 6.92 Å². The van der Waals surface area contributed by atoms with Crippen molar-refractivity contribution in [1.29, 1.82) is 0 Å². The fourth-order valence-corrected chi connectivity index (χ4v) is 1.89. The zero-order valence-electron chi connectivity index (χ0n) is 9.55. The van der Waals surface area contributed by atoms with Crippen LogP contribution in [0.1, 0.15) is 41.5 Å². The molecule has 3 nitrogen and oxygen atoms in total. The topological polar surface area (TPSA) is 32.3 Å². The molecule has 1 N–H and O–H groups in total. The quantitative estimate of drug-likeness (QED) is 0.751. The number of carbonyl (C=O) groups excluding carboxylic acids is 1. The van der Waals surface area contributed by atoms with E-state index in [1.807, 2.05) is 6.92 Å². The van der Waals surface area contributed by atoms with E-state index in [0.717, 1.165) is 25.9 Å². The lowest BCUT2D eigenvalue weighted by Gasteiger charge is -2.34. The Morgan fingerprint density at radius 2 is 2.07 bits per heavy atom. The third-order valence-corrected chi connectivity index (χ3v) is 2.95. The van der Waals surface area contributed by atoms with E-state index in [2.05, 4.69) is 24.1 Å². The van der Waals surface area contributed by atoms with Crippen LogP contribution in [0.2, 0.25) is 0 Å². The monoisotopic (exact) mass is 200 g/mol. The zero-order valence-corrected chi connectivity index (χ0v) is 9.55. The maximum absolute atomic E-state index is 11.2. The van der Waals surface area contributed by atoms with E-state index in [-0.39, 0.29) is 7.33 Å². The Morgan fingerprint density at radius 3 is 2.50 bits per heavy atom. The minimum absolute atomic E-state index is 0. The van der Waals surface area contributed by atoms with Gasteiger partial charge in [0, 0.05) is 33.0 Å². The molecule has 0 bridgehead atoms. The minimum atomic E-state index is 0. The molecule has 1 fully saturated rings. The number of hydrogen-bond acceptors (Lipinski definition) is 2. The summed E-state index contributed by atoms with van der Waals surface area (Å²) in [7, 11) is 0. The van der Waals surface area contributed by atoms with Gasteiger partial charge >= 0.3 is 0 Å². The molecule has 0 saturated carbocycles. The van der Waals surface area contributed by atoms with Gasteiger partial charge in [0.25, 0.3) is 0 Å². The van der Waals surface area contributed by atoms with Crippen molar-refractivity contribution in [2.75, 3.05) is 13.1 Å². The van der Waals surface area contributed by atoms with Crippen molar-refractivity contribution < 1.29 is 6.22 Å². The Morgan fingerprint density at radius 1 is 1.50 bits per heavy atom. The maximum atomic E-state index is 11.2. The highest BCUT2D eigenvalue weighted by Crippen LogP contribution is 2.12. The Kier molecular flexibility index (Phi) is 4.39. The molecule has 0 aromatic heterocycles. The summed E-state index contributed by atoms with van der Waals surface area (Å²) in [6.45, 7) is 8.59. The lowest BCUT2D eigenvalue weighted by atomic mass is 10.0. The van der Waals surface area contributed by atoms with E-state index in [0.29, 0.717) is 18.5 Å². The fourth-order valence-electron chi connectivity index (χ4n) is 1.89. The molecular weight excluding hydrogens is 176 g/mol. The highest BCUT2D eigenvalue weighted by Gasteiger charge is 2.21. The summed E-state index contributed by atoms with van der Waals surface area (Å²) in [5.74, 6) is 0.188. The van der Waals surface area contributed by atoms with Crippen LogP contribution in [-0.4, -0.2) is 36.0 Å². The van der Waals surface area contributed by atoms with Gasteiger partial charge < -0.3 is 10.2 Å². The summed E-state index contributed by atoms with van der Waals surface area (Å²) in [6, 6.07) is 1.05. The van der Waals surface area contributed by atoms with Gasteiger partial charge in [0.05, 0.1) is 0 Å². The Hall–Kier alpha value is -0.570. The van der Waals surface area contributed by atoms with E-state index in [1.54, 1.807) is 0 Å². The highest BCUT2D eigenvalue weighted by molar-refractivity contribution is 5.75. The van der Waals surface area contributed by atoms with Gasteiger partial charge in [0.2, 0.25) is 5.91 Å². The van der Waals surface area contributed by atoms with Crippen molar-refractivity contribution in [2.24, 2.45) is 0 Å². The van der Waals surface area contributed by atoms with Crippen molar-refractivity contribution in [3.8, 4) is 0 Å². The number of hydrogen-bond donors (Lipinski definition) is 1. The lowest BCUT2D eigenvalue weighted by molar-refractivity contribution is -0.121. The van der Waals surface area contributed by atoms with Crippen LogP contribution in [0, 0.1) is 0 Å². The Labute approximate surface area is 88.3 Å². The summed E-state index contributed by atoms with van der Waals surface area (Å²) < 4.78 is 0. The molecule has 1 rings (SSSR count). The fraction of sp³-hybridized carbons (Fsp3) is 0.909. The molecule has 1 amide bonds. The summed E-state index contributed by atoms with van der Waals surface area (Å²) in [5.41, 5.74) is 0. The molecule has 1 saturated heterocycles. The Bertz CT molecular complexity index is 189. The molecule has 0 unspecified atom stereocenters. The molecule has 14 heavy (non-hydrogen) atoms. The standard InChI is InChI=1S/C11H22N2O.H2/c1-4-11(14)12-10-5-7-13(8-6-10)9(2)3;/h9-10H,4-8H2,1-3H3,(H,12,14);1H. The van der Waals surface area contributed by atoms with Crippen LogP contribution in [0.15, 0.2) is 0 Å². The van der Waals surface area contributed by atoms with Gasteiger partial charge in [-0.3, -0.25) is 4.79 Å². The highest BCUT2D eigenvalue weighted by atomic mass is 16.1. The summed E-state index contributed by atoms with van der Waals surface area (Å²) in [6.07, 6.45) is 2.80. The first-order chi connectivity index (χ1) is 6.63. The molecule has 1 heterocycles. The van der Waals surface area contributed by atoms with Crippen molar-refractivity contribution in [3.05, 3.63) is 0 Å². The van der Waals surface area contributed by atoms with Crippen LogP contribution in [-0.2, 0) is 4.79 Å². The first-order valence-corrected chi connectivity index (χ1v) is 5.67. The van der Waals surface area contributed by atoms with Crippen LogP contribution >= 0.6 is 0 Å². The average molecular weight is 200 g/mol. The van der Waals surface area contributed by atoms with Crippen LogP contribution in [0.4, 0.5) is 0 Å². The third kappa shape index (κ3) is 3.29. The number of likely N-dealkylation sites (tertiary alicyclic amines) is 1. The van der Waals surface area contributed by atoms with E-state index in [1.165, 1.54) is 0 Å². The molecule has 1 aliphatic heterocycles. The molecule has 84 valence electrons. The summed E-state index contributed by atoms with van der Waals surface area (Å²) in [5, 5.41) is 3.06. The number of amides is 1. The molecule has 0 aromatic rings. The van der Waals surface area contributed by atoms with E-state index in [4.69, 9.17) is 0 Å². The van der Waals surface area contributed by atoms with Gasteiger partial charge in [-0.15, -0.1) is 0 Å². The molecule has 1 aliphatic rings. The second-order valence-corrected chi connectivity index (χ2v) is 4.33. The van der Waals surface area contributed by atoms with Gasteiger partial charge in [-0.25, -0.2) is 0 Å². The van der Waals surface area contributed by atoms with E-state index in [9.17, 15) is 4.79 Å². The number of piperidine rings is 1. The maximum Gasteiger partial charge on any atom is 0.219 e. The van der Waals surface area contributed by atoms with E-state index < -0.39 is 0 Å². The molecule has 0 aliphatic carbocycles. The molecular formula is C11H24N2O. The van der Waals surface area contributed by atoms with Crippen LogP contribution in [0.3, 0.4) is 0 Å². The number of nitrogens with one attached hydrogen (secondary N) is 1. The number of carbonyl (C=O) groups is 1. The van der Waals surface area contributed by atoms with Crippen LogP contribution in [0.25, 0.3) is 0 Å². The second kappa shape index (κ2) is 5.35. The predicted molar refractivity (Wildman–Crippen MR) is 60.3 cm³/mol. The number of nitrogens with zero attached hydrogens (tertiary/aromatic N) is 1. The van der Waals surface area contributed by atoms with Gasteiger partial charge in [0.1, 0.15) is 0 Å². The van der Waals surface area contributed by atoms with Crippen molar-refractivity contribution >= 4 is 5.91 Å². The smallest absolute Gasteiger partial charge is 0.219 e. The first-order valence-electron chi connectivity index (χ1n) is 5.67. The zero-order chi connectivity index (χ0) is 10.6. The molecule has 0 spiro atoms. The van der Waals surface area contributed by atoms with Crippen molar-refractivity contribution in [2.45, 2.75) is 52.1 Å². The van der Waals surface area contributed by atoms with Crippen molar-refractivity contribution in [1.82, 2.24) is 10.2 Å². The summed E-state index contributed by atoms with van der Waals surface area (Å²) >= 11 is 0. The summed E-state index contributed by atoms with van der Waals surface area (Å²) in [4.78, 5) is 13.6. The second-order valence-electron chi connectivity index (χ2n) is 4.33. The average Bonchev–Trinajstić information content (AvgIpc) is 2.18. The lowest BCUT2D eigenvalue weighted by Crippen LogP contribution is -2.46. The molecule has 0 aromatic carbocycles. The molecule has 0 radical (unpaired) electrons. The van der Waals surface area contributed by atoms with Gasteiger partial charge in [-0.05, 0) is 26.7 Å². The molecule has 0 atom stereocenters. The minimum Gasteiger partial charge on any atom is -0.353 e.